The van der Waals surface area contributed by atoms with Gasteiger partial charge in [-0.25, -0.2) is 0 Å². The van der Waals surface area contributed by atoms with Crippen LogP contribution in [0.25, 0.3) is 0 Å². The summed E-state index contributed by atoms with van der Waals surface area (Å²) in [6, 6.07) is 8.59. The third-order valence-electron chi connectivity index (χ3n) is 4.93. The lowest BCUT2D eigenvalue weighted by Crippen LogP contribution is -2.52. The van der Waals surface area contributed by atoms with Gasteiger partial charge in [0.25, 0.3) is 0 Å². The highest BCUT2D eigenvalue weighted by Gasteiger charge is 2.19. The van der Waals surface area contributed by atoms with E-state index in [2.05, 4.69) is 59.3 Å². The standard InChI is InChI=1S/C20H35N5O/c1-16-8-6-7-9-19(16)26-18(3)15-23-20(21-4)22-14-17(2)25-12-10-24(5)11-13-25/h6-9,17-18H,10-15H2,1-5H3,(H2,21,22,23). The maximum Gasteiger partial charge on any atom is 0.191 e. The molecule has 1 fully saturated rings. The molecule has 1 heterocycles. The molecule has 6 nitrogen and oxygen atoms in total. The number of hydrogen-bond donors (Lipinski definition) is 2. The number of ether oxygens (including phenoxy) is 1. The van der Waals surface area contributed by atoms with Gasteiger partial charge in [-0.2, -0.15) is 0 Å². The van der Waals surface area contributed by atoms with Gasteiger partial charge in [0.2, 0.25) is 0 Å². The molecule has 0 saturated carbocycles. The Balaban J connectivity index is 1.71. The molecule has 0 aromatic heterocycles. The summed E-state index contributed by atoms with van der Waals surface area (Å²) in [4.78, 5) is 9.24. The predicted molar refractivity (Wildman–Crippen MR) is 109 cm³/mol. The van der Waals surface area contributed by atoms with E-state index < -0.39 is 0 Å². The first-order valence-corrected chi connectivity index (χ1v) is 9.59. The van der Waals surface area contributed by atoms with Crippen LogP contribution in [0.5, 0.6) is 5.75 Å². The van der Waals surface area contributed by atoms with Gasteiger partial charge in [0, 0.05) is 45.8 Å². The van der Waals surface area contributed by atoms with E-state index in [1.54, 1.807) is 0 Å². The molecule has 0 amide bonds. The van der Waals surface area contributed by atoms with Crippen LogP contribution in [-0.2, 0) is 0 Å². The monoisotopic (exact) mass is 361 g/mol. The zero-order chi connectivity index (χ0) is 18.9. The highest BCUT2D eigenvalue weighted by atomic mass is 16.5. The van der Waals surface area contributed by atoms with E-state index >= 15 is 0 Å². The van der Waals surface area contributed by atoms with Crippen LogP contribution in [0.2, 0.25) is 0 Å². The number of rotatable bonds is 7. The van der Waals surface area contributed by atoms with Crippen molar-refractivity contribution in [2.75, 3.05) is 53.4 Å². The molecule has 0 radical (unpaired) electrons. The summed E-state index contributed by atoms with van der Waals surface area (Å²) in [6.07, 6.45) is 0.0599. The zero-order valence-electron chi connectivity index (χ0n) is 17.0. The first-order valence-electron chi connectivity index (χ1n) is 9.59. The zero-order valence-corrected chi connectivity index (χ0v) is 17.0. The van der Waals surface area contributed by atoms with E-state index in [4.69, 9.17) is 4.74 Å². The first-order chi connectivity index (χ1) is 12.5. The van der Waals surface area contributed by atoms with E-state index in [1.165, 1.54) is 0 Å². The number of benzene rings is 1. The normalized spacial score (nSPS) is 19.0. The second-order valence-electron chi connectivity index (χ2n) is 7.22. The summed E-state index contributed by atoms with van der Waals surface area (Å²) >= 11 is 0. The Morgan fingerprint density at radius 3 is 2.42 bits per heavy atom. The fraction of sp³-hybridized carbons (Fsp3) is 0.650. The van der Waals surface area contributed by atoms with Gasteiger partial charge >= 0.3 is 0 Å². The molecule has 2 atom stereocenters. The van der Waals surface area contributed by atoms with E-state index in [0.29, 0.717) is 12.6 Å². The molecule has 0 spiro atoms. The van der Waals surface area contributed by atoms with Gasteiger partial charge in [-0.1, -0.05) is 18.2 Å². The van der Waals surface area contributed by atoms with Crippen LogP contribution < -0.4 is 15.4 Å². The number of likely N-dealkylation sites (N-methyl/N-ethyl adjacent to an activating group) is 1. The number of hydrogen-bond acceptors (Lipinski definition) is 4. The molecule has 6 heteroatoms. The van der Waals surface area contributed by atoms with Crippen molar-refractivity contribution < 1.29 is 4.74 Å². The molecule has 0 bridgehead atoms. The minimum atomic E-state index is 0.0599. The van der Waals surface area contributed by atoms with E-state index in [1.807, 2.05) is 25.2 Å². The van der Waals surface area contributed by atoms with Gasteiger partial charge in [0.1, 0.15) is 11.9 Å². The fourth-order valence-electron chi connectivity index (χ4n) is 3.04. The van der Waals surface area contributed by atoms with Crippen LogP contribution in [0, 0.1) is 6.92 Å². The Hall–Kier alpha value is -1.79. The van der Waals surface area contributed by atoms with Crippen molar-refractivity contribution in [2.45, 2.75) is 32.9 Å². The van der Waals surface area contributed by atoms with E-state index in [-0.39, 0.29) is 6.10 Å². The summed E-state index contributed by atoms with van der Waals surface area (Å²) in [6.45, 7) is 12.5. The third-order valence-corrected chi connectivity index (χ3v) is 4.93. The lowest BCUT2D eigenvalue weighted by molar-refractivity contribution is 0.120. The summed E-state index contributed by atoms with van der Waals surface area (Å²) in [5.41, 5.74) is 1.16. The number of para-hydroxylation sites is 1. The van der Waals surface area contributed by atoms with Crippen molar-refractivity contribution in [1.29, 1.82) is 0 Å². The Kier molecular flexibility index (Phi) is 8.19. The molecule has 1 aliphatic rings. The van der Waals surface area contributed by atoms with Gasteiger partial charge in [0.15, 0.2) is 5.96 Å². The smallest absolute Gasteiger partial charge is 0.191 e. The van der Waals surface area contributed by atoms with Crippen LogP contribution >= 0.6 is 0 Å². The van der Waals surface area contributed by atoms with Crippen LogP contribution in [0.15, 0.2) is 29.3 Å². The van der Waals surface area contributed by atoms with Crippen molar-refractivity contribution in [3.63, 3.8) is 0 Å². The van der Waals surface area contributed by atoms with Crippen molar-refractivity contribution >= 4 is 5.96 Å². The largest absolute Gasteiger partial charge is 0.489 e. The lowest BCUT2D eigenvalue weighted by atomic mass is 10.2. The molecule has 0 aliphatic carbocycles. The molecule has 1 aromatic rings. The van der Waals surface area contributed by atoms with Gasteiger partial charge in [0.05, 0.1) is 6.54 Å². The molecule has 146 valence electrons. The topological polar surface area (TPSA) is 52.1 Å². The summed E-state index contributed by atoms with van der Waals surface area (Å²) in [5, 5.41) is 6.80. The van der Waals surface area contributed by atoms with Crippen molar-refractivity contribution in [1.82, 2.24) is 20.4 Å². The molecule has 2 rings (SSSR count). The van der Waals surface area contributed by atoms with Crippen LogP contribution in [-0.4, -0.2) is 81.3 Å². The number of piperazine rings is 1. The molecule has 2 N–H and O–H groups in total. The molecule has 26 heavy (non-hydrogen) atoms. The van der Waals surface area contributed by atoms with Crippen LogP contribution in [0.3, 0.4) is 0 Å². The molecule has 1 aliphatic heterocycles. The minimum absolute atomic E-state index is 0.0599. The summed E-state index contributed by atoms with van der Waals surface area (Å²) < 4.78 is 6.01. The Morgan fingerprint density at radius 1 is 1.12 bits per heavy atom. The average Bonchev–Trinajstić information content (AvgIpc) is 2.64. The fourth-order valence-corrected chi connectivity index (χ4v) is 3.04. The predicted octanol–water partition coefficient (Wildman–Crippen LogP) is 1.56. The van der Waals surface area contributed by atoms with Crippen molar-refractivity contribution in [3.8, 4) is 5.75 Å². The van der Waals surface area contributed by atoms with Gasteiger partial charge in [-0.3, -0.25) is 9.89 Å². The molecule has 1 saturated heterocycles. The van der Waals surface area contributed by atoms with E-state index in [0.717, 1.165) is 50.0 Å². The summed E-state index contributed by atoms with van der Waals surface area (Å²) in [5.74, 6) is 1.76. The Morgan fingerprint density at radius 2 is 1.77 bits per heavy atom. The highest BCUT2D eigenvalue weighted by Crippen LogP contribution is 2.17. The van der Waals surface area contributed by atoms with Crippen molar-refractivity contribution in [3.05, 3.63) is 29.8 Å². The number of guanidine groups is 1. The average molecular weight is 362 g/mol. The quantitative estimate of drug-likeness (QED) is 0.570. The minimum Gasteiger partial charge on any atom is -0.489 e. The van der Waals surface area contributed by atoms with Gasteiger partial charge in [-0.05, 0) is 39.4 Å². The van der Waals surface area contributed by atoms with Crippen LogP contribution in [0.1, 0.15) is 19.4 Å². The van der Waals surface area contributed by atoms with Gasteiger partial charge < -0.3 is 20.3 Å². The number of aliphatic imine (C=N–C) groups is 1. The van der Waals surface area contributed by atoms with Gasteiger partial charge in [-0.15, -0.1) is 0 Å². The molecular weight excluding hydrogens is 326 g/mol. The Bertz CT molecular complexity index is 569. The SMILES string of the molecule is CN=C(NCC(C)Oc1ccccc1C)NCC(C)N1CCN(C)CC1. The highest BCUT2D eigenvalue weighted by molar-refractivity contribution is 5.79. The van der Waals surface area contributed by atoms with E-state index in [9.17, 15) is 0 Å². The number of aryl methyl sites for hydroxylation is 1. The third kappa shape index (κ3) is 6.50. The summed E-state index contributed by atoms with van der Waals surface area (Å²) in [7, 11) is 3.99. The van der Waals surface area contributed by atoms with Crippen LogP contribution in [0.4, 0.5) is 0 Å². The second-order valence-corrected chi connectivity index (χ2v) is 7.22. The Labute approximate surface area is 158 Å². The molecule has 1 aromatic carbocycles. The number of nitrogens with zero attached hydrogens (tertiary/aromatic N) is 3. The number of nitrogens with one attached hydrogen (secondary N) is 2. The van der Waals surface area contributed by atoms with Crippen molar-refractivity contribution in [2.24, 2.45) is 4.99 Å². The first kappa shape index (κ1) is 20.5. The maximum absolute atomic E-state index is 6.01. The maximum atomic E-state index is 6.01. The molecule has 2 unspecified atom stereocenters. The second kappa shape index (κ2) is 10.4. The lowest BCUT2D eigenvalue weighted by Gasteiger charge is -2.36. The molecular formula is C20H35N5O.